The Morgan fingerprint density at radius 3 is 2.58 bits per heavy atom. The standard InChI is InChI=1S/C18H20FNO4/c1-8-7-24-16-12(18(3,4)5)13(19)9(2)11-14(16)20(8)6-10(15(11)21)17(22)23/h6,8H,7H2,1-5H3,(H,22,23)/t8-/m0/s1. The molecule has 24 heavy (non-hydrogen) atoms. The van der Waals surface area contributed by atoms with Gasteiger partial charge in [0.1, 0.15) is 23.7 Å². The third-order valence-corrected chi connectivity index (χ3v) is 4.52. The number of carbonyl (C=O) groups is 1. The molecule has 0 spiro atoms. The maximum atomic E-state index is 15.1. The van der Waals surface area contributed by atoms with Gasteiger partial charge in [-0.1, -0.05) is 20.8 Å². The maximum Gasteiger partial charge on any atom is 0.341 e. The van der Waals surface area contributed by atoms with E-state index in [9.17, 15) is 14.7 Å². The second-order valence-corrected chi connectivity index (χ2v) is 7.36. The minimum atomic E-state index is -1.31. The zero-order valence-electron chi connectivity index (χ0n) is 14.4. The molecule has 3 rings (SSSR count). The van der Waals surface area contributed by atoms with Gasteiger partial charge in [-0.2, -0.15) is 0 Å². The molecular formula is C18H20FNO4. The van der Waals surface area contributed by atoms with Crippen molar-refractivity contribution in [3.8, 4) is 5.75 Å². The number of rotatable bonds is 1. The number of aromatic nitrogens is 1. The van der Waals surface area contributed by atoms with Crippen LogP contribution in [0.3, 0.4) is 0 Å². The van der Waals surface area contributed by atoms with E-state index in [2.05, 4.69) is 0 Å². The average molecular weight is 333 g/mol. The van der Waals surface area contributed by atoms with Gasteiger partial charge in [-0.25, -0.2) is 9.18 Å². The number of nitrogens with zero attached hydrogens (tertiary/aromatic N) is 1. The summed E-state index contributed by atoms with van der Waals surface area (Å²) in [7, 11) is 0. The summed E-state index contributed by atoms with van der Waals surface area (Å²) in [5.41, 5.74) is -0.495. The highest BCUT2D eigenvalue weighted by Gasteiger charge is 2.33. The van der Waals surface area contributed by atoms with E-state index in [-0.39, 0.29) is 29.2 Å². The minimum Gasteiger partial charge on any atom is -0.489 e. The monoisotopic (exact) mass is 333 g/mol. The molecule has 0 saturated heterocycles. The minimum absolute atomic E-state index is 0.0851. The first-order chi connectivity index (χ1) is 11.1. The van der Waals surface area contributed by atoms with Crippen molar-refractivity contribution < 1.29 is 19.0 Å². The van der Waals surface area contributed by atoms with Crippen LogP contribution in [0.25, 0.3) is 10.9 Å². The highest BCUT2D eigenvalue weighted by Crippen LogP contribution is 2.43. The molecule has 0 amide bonds. The van der Waals surface area contributed by atoms with Crippen molar-refractivity contribution in [2.45, 2.75) is 46.1 Å². The quantitative estimate of drug-likeness (QED) is 0.868. The normalized spacial score (nSPS) is 17.0. The Labute approximate surface area is 138 Å². The molecule has 1 N–H and O–H groups in total. The maximum absolute atomic E-state index is 15.1. The molecule has 0 saturated carbocycles. The van der Waals surface area contributed by atoms with Crippen LogP contribution in [0, 0.1) is 12.7 Å². The molecule has 2 aromatic rings. The molecule has 0 radical (unpaired) electrons. The van der Waals surface area contributed by atoms with E-state index in [1.807, 2.05) is 27.7 Å². The molecule has 128 valence electrons. The van der Waals surface area contributed by atoms with Crippen molar-refractivity contribution in [3.63, 3.8) is 0 Å². The third-order valence-electron chi connectivity index (χ3n) is 4.52. The van der Waals surface area contributed by atoms with Crippen LogP contribution in [0.2, 0.25) is 0 Å². The summed E-state index contributed by atoms with van der Waals surface area (Å²) < 4.78 is 22.6. The van der Waals surface area contributed by atoms with Crippen molar-refractivity contribution >= 4 is 16.9 Å². The molecule has 0 bridgehead atoms. The predicted molar refractivity (Wildman–Crippen MR) is 88.8 cm³/mol. The number of ether oxygens (including phenoxy) is 1. The summed E-state index contributed by atoms with van der Waals surface area (Å²) in [4.78, 5) is 24.1. The molecule has 1 aliphatic heterocycles. The number of hydrogen-bond donors (Lipinski definition) is 1. The molecule has 1 aromatic carbocycles. The summed E-state index contributed by atoms with van der Waals surface area (Å²) in [6.45, 7) is 9.30. The Bertz CT molecular complexity index is 937. The second kappa shape index (κ2) is 5.06. The van der Waals surface area contributed by atoms with Gasteiger partial charge in [-0.05, 0) is 24.8 Å². The number of carboxylic acids is 1. The Morgan fingerprint density at radius 2 is 2.04 bits per heavy atom. The SMILES string of the molecule is Cc1c(F)c(C(C)(C)C)c2c3c1c(=O)c(C(=O)O)cn3[C@@H](C)CO2. The van der Waals surface area contributed by atoms with Crippen molar-refractivity contribution in [2.24, 2.45) is 0 Å². The smallest absolute Gasteiger partial charge is 0.341 e. The predicted octanol–water partition coefficient (Wildman–Crippen LogP) is 3.40. The van der Waals surface area contributed by atoms with Crippen LogP contribution in [-0.4, -0.2) is 22.2 Å². The van der Waals surface area contributed by atoms with Gasteiger partial charge in [-0.15, -0.1) is 0 Å². The van der Waals surface area contributed by atoms with E-state index in [1.54, 1.807) is 4.57 Å². The summed E-state index contributed by atoms with van der Waals surface area (Å²) in [5.74, 6) is -1.48. The Hall–Kier alpha value is -2.37. The van der Waals surface area contributed by atoms with Crippen LogP contribution in [0.1, 0.15) is 55.2 Å². The number of pyridine rings is 1. The molecule has 0 unspecified atom stereocenters. The number of aromatic carboxylic acids is 1. The van der Waals surface area contributed by atoms with Gasteiger partial charge < -0.3 is 14.4 Å². The largest absolute Gasteiger partial charge is 0.489 e. The number of halogens is 1. The molecule has 1 aliphatic rings. The molecule has 5 nitrogen and oxygen atoms in total. The van der Waals surface area contributed by atoms with E-state index in [4.69, 9.17) is 4.74 Å². The summed E-state index contributed by atoms with van der Waals surface area (Å²) >= 11 is 0. The molecule has 6 heteroatoms. The Morgan fingerprint density at radius 1 is 1.42 bits per heavy atom. The van der Waals surface area contributed by atoms with Gasteiger partial charge in [0.05, 0.1) is 16.9 Å². The van der Waals surface area contributed by atoms with Crippen LogP contribution in [-0.2, 0) is 5.41 Å². The number of hydrogen-bond acceptors (Lipinski definition) is 3. The van der Waals surface area contributed by atoms with Gasteiger partial charge in [0.25, 0.3) is 0 Å². The lowest BCUT2D eigenvalue weighted by molar-refractivity contribution is 0.0694. The lowest BCUT2D eigenvalue weighted by atomic mass is 9.83. The fourth-order valence-corrected chi connectivity index (χ4v) is 3.32. The van der Waals surface area contributed by atoms with E-state index >= 15 is 4.39 Å². The second-order valence-electron chi connectivity index (χ2n) is 7.36. The van der Waals surface area contributed by atoms with Crippen molar-refractivity contribution in [1.82, 2.24) is 4.57 Å². The molecular weight excluding hydrogens is 313 g/mol. The fraction of sp³-hybridized carbons (Fsp3) is 0.444. The lowest BCUT2D eigenvalue weighted by Crippen LogP contribution is -2.29. The van der Waals surface area contributed by atoms with Crippen molar-refractivity contribution in [3.05, 3.63) is 38.9 Å². The van der Waals surface area contributed by atoms with E-state index in [0.717, 1.165) is 0 Å². The van der Waals surface area contributed by atoms with Gasteiger partial charge in [0.2, 0.25) is 5.43 Å². The molecule has 1 atom stereocenters. The van der Waals surface area contributed by atoms with Gasteiger partial charge >= 0.3 is 5.97 Å². The zero-order valence-corrected chi connectivity index (χ0v) is 14.4. The van der Waals surface area contributed by atoms with Gasteiger partial charge in [0, 0.05) is 11.8 Å². The molecule has 2 heterocycles. The molecule has 0 aliphatic carbocycles. The zero-order chi connectivity index (χ0) is 18.0. The van der Waals surface area contributed by atoms with Gasteiger partial charge in [-0.3, -0.25) is 4.79 Å². The van der Waals surface area contributed by atoms with Crippen LogP contribution in [0.5, 0.6) is 5.75 Å². The van der Waals surface area contributed by atoms with Gasteiger partial charge in [0.15, 0.2) is 0 Å². The van der Waals surface area contributed by atoms with Crippen LogP contribution in [0.15, 0.2) is 11.0 Å². The van der Waals surface area contributed by atoms with Crippen molar-refractivity contribution in [1.29, 1.82) is 0 Å². The molecule has 1 aromatic heterocycles. The van der Waals surface area contributed by atoms with Crippen molar-refractivity contribution in [2.75, 3.05) is 6.61 Å². The van der Waals surface area contributed by atoms with E-state index < -0.39 is 22.6 Å². The highest BCUT2D eigenvalue weighted by atomic mass is 19.1. The Kier molecular flexibility index (Phi) is 3.48. The highest BCUT2D eigenvalue weighted by molar-refractivity contribution is 5.97. The molecule has 0 fully saturated rings. The number of aryl methyl sites for hydroxylation is 1. The summed E-state index contributed by atoms with van der Waals surface area (Å²) in [6, 6.07) is -0.156. The van der Waals surface area contributed by atoms with Crippen LogP contribution in [0.4, 0.5) is 4.39 Å². The fourth-order valence-electron chi connectivity index (χ4n) is 3.32. The van der Waals surface area contributed by atoms with E-state index in [0.29, 0.717) is 16.8 Å². The van der Waals surface area contributed by atoms with Crippen LogP contribution < -0.4 is 10.2 Å². The summed E-state index contributed by atoms with van der Waals surface area (Å²) in [6.07, 6.45) is 1.34. The third kappa shape index (κ3) is 2.12. The first-order valence-electron chi connectivity index (χ1n) is 7.83. The van der Waals surface area contributed by atoms with Crippen LogP contribution >= 0.6 is 0 Å². The number of benzene rings is 1. The Balaban J connectivity index is 2.64. The topological polar surface area (TPSA) is 68.5 Å². The lowest BCUT2D eigenvalue weighted by Gasteiger charge is -2.32. The average Bonchev–Trinajstić information content (AvgIpc) is 2.46. The number of carboxylic acid groups (broad SMARTS) is 1. The first-order valence-corrected chi connectivity index (χ1v) is 7.83. The van der Waals surface area contributed by atoms with E-state index in [1.165, 1.54) is 13.1 Å². The first kappa shape index (κ1) is 16.5. The summed E-state index contributed by atoms with van der Waals surface area (Å²) in [5, 5.41) is 9.41.